The lowest BCUT2D eigenvalue weighted by atomic mass is 10.0. The summed E-state index contributed by atoms with van der Waals surface area (Å²) < 4.78 is 38.0. The van der Waals surface area contributed by atoms with Gasteiger partial charge in [0.15, 0.2) is 0 Å². The van der Waals surface area contributed by atoms with E-state index in [1.54, 1.807) is 4.90 Å². The Morgan fingerprint density at radius 3 is 2.39 bits per heavy atom. The number of likely N-dealkylation sites (N-methyl/N-ethyl adjacent to an activating group) is 1. The number of nitrogens with zero attached hydrogens (tertiary/aromatic N) is 1. The monoisotopic (exact) mass is 266 g/mol. The zero-order valence-corrected chi connectivity index (χ0v) is 11.4. The lowest BCUT2D eigenvalue weighted by Gasteiger charge is -2.36. The molecule has 1 saturated carbocycles. The molecule has 0 saturated heterocycles. The zero-order chi connectivity index (χ0) is 13.6. The van der Waals surface area contributed by atoms with Crippen molar-refractivity contribution in [1.82, 2.24) is 10.2 Å². The van der Waals surface area contributed by atoms with E-state index in [9.17, 15) is 13.2 Å². The molecule has 0 aromatic heterocycles. The first-order chi connectivity index (χ1) is 8.48. The maximum absolute atomic E-state index is 12.7. The summed E-state index contributed by atoms with van der Waals surface area (Å²) in [6.45, 7) is 1.69. The number of rotatable bonds is 5. The van der Waals surface area contributed by atoms with E-state index in [0.717, 1.165) is 38.5 Å². The molecule has 0 aromatic rings. The second kappa shape index (κ2) is 7.34. The van der Waals surface area contributed by atoms with Crippen molar-refractivity contribution < 1.29 is 13.2 Å². The number of nitrogens with one attached hydrogen (secondary N) is 1. The van der Waals surface area contributed by atoms with Crippen LogP contribution in [0.2, 0.25) is 0 Å². The fourth-order valence-electron chi connectivity index (χ4n) is 2.94. The molecule has 2 nitrogen and oxygen atoms in total. The van der Waals surface area contributed by atoms with Crippen LogP contribution in [0.4, 0.5) is 13.2 Å². The number of hydrogen-bond acceptors (Lipinski definition) is 2. The summed E-state index contributed by atoms with van der Waals surface area (Å²) in [7, 11) is 1.86. The molecule has 1 rings (SSSR count). The minimum absolute atomic E-state index is 0.0269. The van der Waals surface area contributed by atoms with Gasteiger partial charge in [-0.3, -0.25) is 4.90 Å². The summed E-state index contributed by atoms with van der Waals surface area (Å²) in [4.78, 5) is 1.63. The van der Waals surface area contributed by atoms with Crippen molar-refractivity contribution in [3.8, 4) is 0 Å². The van der Waals surface area contributed by atoms with E-state index >= 15 is 0 Å². The molecule has 0 heterocycles. The SMILES string of the molecule is CCCN(CC(F)(F)F)C1CCCCCC1NC. The van der Waals surface area contributed by atoms with Crippen molar-refractivity contribution in [2.45, 2.75) is 63.7 Å². The highest BCUT2D eigenvalue weighted by atomic mass is 19.4. The Bertz CT molecular complexity index is 231. The Labute approximate surface area is 108 Å². The highest BCUT2D eigenvalue weighted by Gasteiger charge is 2.36. The van der Waals surface area contributed by atoms with Gasteiger partial charge in [0.1, 0.15) is 0 Å². The van der Waals surface area contributed by atoms with E-state index in [-0.39, 0.29) is 12.1 Å². The molecule has 0 spiro atoms. The van der Waals surface area contributed by atoms with E-state index in [0.29, 0.717) is 6.54 Å². The van der Waals surface area contributed by atoms with Crippen LogP contribution in [0.3, 0.4) is 0 Å². The zero-order valence-electron chi connectivity index (χ0n) is 11.4. The first kappa shape index (κ1) is 15.8. The normalized spacial score (nSPS) is 26.3. The number of alkyl halides is 3. The molecular formula is C13H25F3N2. The van der Waals surface area contributed by atoms with Gasteiger partial charge in [-0.15, -0.1) is 0 Å². The largest absolute Gasteiger partial charge is 0.401 e. The minimum Gasteiger partial charge on any atom is -0.315 e. The summed E-state index contributed by atoms with van der Waals surface area (Å²) in [6, 6.07) is 0.223. The molecule has 1 fully saturated rings. The van der Waals surface area contributed by atoms with Crippen molar-refractivity contribution in [2.75, 3.05) is 20.1 Å². The Morgan fingerprint density at radius 1 is 1.17 bits per heavy atom. The van der Waals surface area contributed by atoms with Gasteiger partial charge in [0.25, 0.3) is 0 Å². The molecule has 0 radical (unpaired) electrons. The van der Waals surface area contributed by atoms with Crippen LogP contribution >= 0.6 is 0 Å². The third-order valence-corrected chi connectivity index (χ3v) is 3.71. The van der Waals surface area contributed by atoms with Crippen molar-refractivity contribution in [3.63, 3.8) is 0 Å². The van der Waals surface area contributed by atoms with E-state index in [1.165, 1.54) is 0 Å². The highest BCUT2D eigenvalue weighted by molar-refractivity contribution is 4.87. The highest BCUT2D eigenvalue weighted by Crippen LogP contribution is 2.26. The predicted octanol–water partition coefficient (Wildman–Crippen LogP) is 3.18. The second-order valence-electron chi connectivity index (χ2n) is 5.19. The molecular weight excluding hydrogens is 241 g/mol. The van der Waals surface area contributed by atoms with Gasteiger partial charge in [-0.2, -0.15) is 13.2 Å². The average molecular weight is 266 g/mol. The van der Waals surface area contributed by atoms with Crippen LogP contribution < -0.4 is 5.32 Å². The molecule has 108 valence electrons. The lowest BCUT2D eigenvalue weighted by Crippen LogP contribution is -2.51. The van der Waals surface area contributed by atoms with E-state index in [4.69, 9.17) is 0 Å². The molecule has 0 aromatic carbocycles. The van der Waals surface area contributed by atoms with Gasteiger partial charge in [-0.1, -0.05) is 26.2 Å². The van der Waals surface area contributed by atoms with Crippen LogP contribution in [0.15, 0.2) is 0 Å². The van der Waals surface area contributed by atoms with Gasteiger partial charge in [-0.05, 0) is 32.9 Å². The quantitative estimate of drug-likeness (QED) is 0.769. The lowest BCUT2D eigenvalue weighted by molar-refractivity contribution is -0.152. The fraction of sp³-hybridized carbons (Fsp3) is 1.00. The smallest absolute Gasteiger partial charge is 0.315 e. The Kier molecular flexibility index (Phi) is 6.43. The predicted molar refractivity (Wildman–Crippen MR) is 67.6 cm³/mol. The first-order valence-corrected chi connectivity index (χ1v) is 6.96. The van der Waals surface area contributed by atoms with Crippen molar-refractivity contribution in [2.24, 2.45) is 0 Å². The van der Waals surface area contributed by atoms with Gasteiger partial charge < -0.3 is 5.32 Å². The molecule has 1 aliphatic carbocycles. The molecule has 5 heteroatoms. The summed E-state index contributed by atoms with van der Waals surface area (Å²) in [5, 5.41) is 3.21. The van der Waals surface area contributed by atoms with Crippen LogP contribution in [-0.2, 0) is 0 Å². The van der Waals surface area contributed by atoms with Crippen molar-refractivity contribution >= 4 is 0 Å². The van der Waals surface area contributed by atoms with Gasteiger partial charge in [-0.25, -0.2) is 0 Å². The number of halogens is 3. The molecule has 0 bridgehead atoms. The van der Waals surface area contributed by atoms with E-state index in [1.807, 2.05) is 14.0 Å². The molecule has 0 aliphatic heterocycles. The molecule has 0 amide bonds. The Morgan fingerprint density at radius 2 is 1.83 bits per heavy atom. The molecule has 2 atom stereocenters. The van der Waals surface area contributed by atoms with Crippen LogP contribution in [0, 0.1) is 0 Å². The van der Waals surface area contributed by atoms with Crippen LogP contribution in [0.25, 0.3) is 0 Å². The van der Waals surface area contributed by atoms with Crippen molar-refractivity contribution in [1.29, 1.82) is 0 Å². The van der Waals surface area contributed by atoms with Gasteiger partial charge >= 0.3 is 6.18 Å². The van der Waals surface area contributed by atoms with Gasteiger partial charge in [0, 0.05) is 12.1 Å². The maximum atomic E-state index is 12.7. The summed E-state index contributed by atoms with van der Waals surface area (Å²) in [6.07, 6.45) is 1.83. The van der Waals surface area contributed by atoms with Crippen molar-refractivity contribution in [3.05, 3.63) is 0 Å². The molecule has 18 heavy (non-hydrogen) atoms. The van der Waals surface area contributed by atoms with Gasteiger partial charge in [0.05, 0.1) is 6.54 Å². The van der Waals surface area contributed by atoms with Crippen LogP contribution in [0.1, 0.15) is 45.4 Å². The minimum atomic E-state index is -4.10. The van der Waals surface area contributed by atoms with Crippen LogP contribution in [-0.4, -0.2) is 43.3 Å². The molecule has 2 unspecified atom stereocenters. The number of hydrogen-bond donors (Lipinski definition) is 1. The Balaban J connectivity index is 2.73. The standard InChI is InChI=1S/C13H25F3N2/c1-3-9-18(10-13(14,15)16)12-8-6-4-5-7-11(12)17-2/h11-12,17H,3-10H2,1-2H3. The maximum Gasteiger partial charge on any atom is 0.401 e. The van der Waals surface area contributed by atoms with E-state index in [2.05, 4.69) is 5.32 Å². The van der Waals surface area contributed by atoms with Gasteiger partial charge in [0.2, 0.25) is 0 Å². The average Bonchev–Trinajstić information content (AvgIpc) is 2.51. The second-order valence-corrected chi connectivity index (χ2v) is 5.19. The molecule has 1 aliphatic rings. The third kappa shape index (κ3) is 5.14. The topological polar surface area (TPSA) is 15.3 Å². The molecule has 1 N–H and O–H groups in total. The summed E-state index contributed by atoms with van der Waals surface area (Å²) in [5.74, 6) is 0. The fourth-order valence-corrected chi connectivity index (χ4v) is 2.94. The summed E-state index contributed by atoms with van der Waals surface area (Å²) >= 11 is 0. The first-order valence-electron chi connectivity index (χ1n) is 6.96. The van der Waals surface area contributed by atoms with Crippen LogP contribution in [0.5, 0.6) is 0 Å². The third-order valence-electron chi connectivity index (χ3n) is 3.71. The Hall–Kier alpha value is -0.290. The van der Waals surface area contributed by atoms with E-state index < -0.39 is 12.7 Å². The summed E-state index contributed by atoms with van der Waals surface area (Å²) in [5.41, 5.74) is 0.